The van der Waals surface area contributed by atoms with Crippen molar-refractivity contribution in [1.29, 1.82) is 0 Å². The first kappa shape index (κ1) is 25.9. The Hall–Kier alpha value is -3.75. The molecule has 7 nitrogen and oxygen atoms in total. The molecule has 2 atom stereocenters. The maximum absolute atomic E-state index is 12.3. The van der Waals surface area contributed by atoms with Crippen LogP contribution in [0.1, 0.15) is 48.6 Å². The summed E-state index contributed by atoms with van der Waals surface area (Å²) in [7, 11) is 0. The van der Waals surface area contributed by atoms with E-state index in [0.717, 1.165) is 34.0 Å². The van der Waals surface area contributed by atoms with Crippen LogP contribution in [0.3, 0.4) is 0 Å². The van der Waals surface area contributed by atoms with Crippen LogP contribution in [-0.2, 0) is 4.79 Å². The Labute approximate surface area is 232 Å². The minimum atomic E-state index is -0.193. The Morgan fingerprint density at radius 3 is 2.55 bits per heavy atom. The molecule has 1 fully saturated rings. The summed E-state index contributed by atoms with van der Waals surface area (Å²) in [5, 5.41) is 7.42. The zero-order chi connectivity index (χ0) is 27.0. The Balaban J connectivity index is 1.61. The molecule has 0 saturated carbocycles. The summed E-state index contributed by atoms with van der Waals surface area (Å²) in [4.78, 5) is 23.3. The minimum Gasteiger partial charge on any atom is -0.351 e. The fourth-order valence-electron chi connectivity index (χ4n) is 4.95. The molecule has 1 aliphatic heterocycles. The molecule has 0 spiro atoms. The highest BCUT2D eigenvalue weighted by molar-refractivity contribution is 7.80. The maximum atomic E-state index is 12.3. The van der Waals surface area contributed by atoms with Gasteiger partial charge in [-0.25, -0.2) is 0 Å². The van der Waals surface area contributed by atoms with E-state index in [1.807, 2.05) is 68.6 Å². The molecule has 194 valence electrons. The van der Waals surface area contributed by atoms with Crippen LogP contribution in [0.4, 0.5) is 11.4 Å². The van der Waals surface area contributed by atoms with E-state index in [1.54, 1.807) is 12.4 Å². The van der Waals surface area contributed by atoms with Crippen LogP contribution < -0.4 is 15.5 Å². The lowest BCUT2D eigenvalue weighted by atomic mass is 9.96. The number of thiocarbonyl (C=S) groups is 1. The number of pyridine rings is 2. The quantitative estimate of drug-likeness (QED) is 0.277. The fraction of sp³-hybridized carbons (Fsp3) is 0.241. The predicted molar refractivity (Wildman–Crippen MR) is 156 cm³/mol. The number of rotatable bonds is 6. The molecule has 38 heavy (non-hydrogen) atoms. The van der Waals surface area contributed by atoms with E-state index in [4.69, 9.17) is 23.8 Å². The van der Waals surface area contributed by atoms with Crippen molar-refractivity contribution < 1.29 is 4.79 Å². The molecule has 1 aliphatic rings. The third-order valence-electron chi connectivity index (χ3n) is 6.80. The molecule has 2 N–H and O–H groups in total. The number of nitrogens with zero attached hydrogens (tertiary/aromatic N) is 4. The van der Waals surface area contributed by atoms with E-state index in [-0.39, 0.29) is 23.9 Å². The summed E-state index contributed by atoms with van der Waals surface area (Å²) in [5.74, 6) is -0.242. The van der Waals surface area contributed by atoms with Crippen molar-refractivity contribution in [2.75, 3.05) is 10.2 Å². The van der Waals surface area contributed by atoms with Gasteiger partial charge in [0, 0.05) is 35.4 Å². The molecule has 0 bridgehead atoms. The number of nitrogens with one attached hydrogen (secondary N) is 2. The second-order valence-corrected chi connectivity index (χ2v) is 10.5. The summed E-state index contributed by atoms with van der Waals surface area (Å²) >= 11 is 12.6. The highest BCUT2D eigenvalue weighted by atomic mass is 35.5. The third kappa shape index (κ3) is 4.77. The number of carbonyl (C=O) groups is 1. The SMILES string of the molecule is Cc1cc([C@H]2[C@@H](c3ccccn3)NC(=S)N2c2ccc(NC(=O)C(C)C)c(Cl)c2)c(C)n1-c1cccnc1. The Morgan fingerprint density at radius 1 is 1.08 bits per heavy atom. The normalized spacial score (nSPS) is 17.1. The molecule has 5 rings (SSSR count). The van der Waals surface area contributed by atoms with Crippen molar-refractivity contribution >= 4 is 46.2 Å². The lowest BCUT2D eigenvalue weighted by molar-refractivity contribution is -0.118. The fourth-order valence-corrected chi connectivity index (χ4v) is 5.52. The van der Waals surface area contributed by atoms with Gasteiger partial charge in [-0.05, 0) is 80.2 Å². The molecule has 4 aromatic rings. The van der Waals surface area contributed by atoms with Crippen molar-refractivity contribution in [2.24, 2.45) is 5.92 Å². The number of benzene rings is 1. The number of aryl methyl sites for hydroxylation is 1. The third-order valence-corrected chi connectivity index (χ3v) is 7.43. The zero-order valence-corrected chi connectivity index (χ0v) is 23.2. The number of anilines is 2. The molecule has 9 heteroatoms. The minimum absolute atomic E-state index is 0.0889. The Bertz CT molecular complexity index is 1490. The van der Waals surface area contributed by atoms with Crippen LogP contribution >= 0.6 is 23.8 Å². The Kier molecular flexibility index (Phi) is 7.19. The molecule has 0 unspecified atom stereocenters. The van der Waals surface area contributed by atoms with E-state index in [9.17, 15) is 4.79 Å². The highest BCUT2D eigenvalue weighted by Crippen LogP contribution is 2.44. The zero-order valence-electron chi connectivity index (χ0n) is 21.6. The van der Waals surface area contributed by atoms with Gasteiger partial charge < -0.3 is 20.1 Å². The summed E-state index contributed by atoms with van der Waals surface area (Å²) < 4.78 is 2.20. The van der Waals surface area contributed by atoms with Crippen molar-refractivity contribution in [3.8, 4) is 5.69 Å². The molecule has 1 aromatic carbocycles. The van der Waals surface area contributed by atoms with Crippen LogP contribution in [-0.4, -0.2) is 25.6 Å². The van der Waals surface area contributed by atoms with E-state index in [0.29, 0.717) is 15.8 Å². The van der Waals surface area contributed by atoms with Crippen LogP contribution in [0.25, 0.3) is 5.69 Å². The standard InChI is InChI=1S/C29H29ClN6OS/c1-17(2)28(37)33-24-11-10-20(15-23(24)30)36-27(26(34-29(36)38)25-9-5-6-13-32-25)22-14-18(3)35(19(22)4)21-8-7-12-31-16-21/h5-17,26-27H,1-4H3,(H,33,37)(H,34,38)/t26-,27+/m1/s1. The number of aromatic nitrogens is 3. The highest BCUT2D eigenvalue weighted by Gasteiger charge is 2.42. The summed E-state index contributed by atoms with van der Waals surface area (Å²) in [6, 6.07) is 17.3. The smallest absolute Gasteiger partial charge is 0.226 e. The van der Waals surface area contributed by atoms with Crippen molar-refractivity contribution in [1.82, 2.24) is 19.9 Å². The average molecular weight is 545 g/mol. The number of carbonyl (C=O) groups excluding carboxylic acids is 1. The van der Waals surface area contributed by atoms with Crippen LogP contribution in [0.15, 0.2) is 73.2 Å². The summed E-state index contributed by atoms with van der Waals surface area (Å²) in [6.45, 7) is 7.89. The molecular weight excluding hydrogens is 516 g/mol. The van der Waals surface area contributed by atoms with Gasteiger partial charge in [-0.1, -0.05) is 31.5 Å². The van der Waals surface area contributed by atoms with Gasteiger partial charge >= 0.3 is 0 Å². The second-order valence-electron chi connectivity index (χ2n) is 9.68. The first-order chi connectivity index (χ1) is 18.3. The molecule has 4 heterocycles. The summed E-state index contributed by atoms with van der Waals surface area (Å²) in [6.07, 6.45) is 5.43. The first-order valence-electron chi connectivity index (χ1n) is 12.5. The van der Waals surface area contributed by atoms with Crippen molar-refractivity contribution in [3.63, 3.8) is 0 Å². The topological polar surface area (TPSA) is 75.1 Å². The van der Waals surface area contributed by atoms with Gasteiger partial charge in [0.1, 0.15) is 0 Å². The largest absolute Gasteiger partial charge is 0.351 e. The van der Waals surface area contributed by atoms with Crippen LogP contribution in [0, 0.1) is 19.8 Å². The van der Waals surface area contributed by atoms with E-state index >= 15 is 0 Å². The van der Waals surface area contributed by atoms with Gasteiger partial charge in [0.05, 0.1) is 40.4 Å². The first-order valence-corrected chi connectivity index (χ1v) is 13.2. The van der Waals surface area contributed by atoms with Crippen LogP contribution in [0.5, 0.6) is 0 Å². The average Bonchev–Trinajstić information content (AvgIpc) is 3.41. The second kappa shape index (κ2) is 10.6. The number of hydrogen-bond donors (Lipinski definition) is 2. The molecule has 1 amide bonds. The predicted octanol–water partition coefficient (Wildman–Crippen LogP) is 6.31. The van der Waals surface area contributed by atoms with E-state index in [1.165, 1.54) is 0 Å². The lowest BCUT2D eigenvalue weighted by Crippen LogP contribution is -2.29. The molecule has 1 saturated heterocycles. The van der Waals surface area contributed by atoms with E-state index < -0.39 is 0 Å². The summed E-state index contributed by atoms with van der Waals surface area (Å²) in [5.41, 5.74) is 6.57. The molecule has 0 radical (unpaired) electrons. The van der Waals surface area contributed by atoms with Crippen molar-refractivity contribution in [2.45, 2.75) is 39.8 Å². The number of hydrogen-bond acceptors (Lipinski definition) is 4. The number of amides is 1. The van der Waals surface area contributed by atoms with Gasteiger partial charge in [0.2, 0.25) is 5.91 Å². The Morgan fingerprint density at radius 2 is 1.89 bits per heavy atom. The van der Waals surface area contributed by atoms with Crippen molar-refractivity contribution in [3.05, 3.63) is 101 Å². The van der Waals surface area contributed by atoms with Gasteiger partial charge in [-0.15, -0.1) is 0 Å². The monoisotopic (exact) mass is 544 g/mol. The van der Waals surface area contributed by atoms with Gasteiger partial charge in [-0.3, -0.25) is 14.8 Å². The van der Waals surface area contributed by atoms with Gasteiger partial charge in [0.25, 0.3) is 0 Å². The maximum Gasteiger partial charge on any atom is 0.226 e. The van der Waals surface area contributed by atoms with Gasteiger partial charge in [-0.2, -0.15) is 0 Å². The number of halogens is 1. The molecular formula is C29H29ClN6OS. The van der Waals surface area contributed by atoms with E-state index in [2.05, 4.69) is 50.0 Å². The molecule has 0 aliphatic carbocycles. The molecule has 3 aromatic heterocycles. The van der Waals surface area contributed by atoms with Crippen LogP contribution in [0.2, 0.25) is 5.02 Å². The lowest BCUT2D eigenvalue weighted by Gasteiger charge is -2.28. The van der Waals surface area contributed by atoms with Gasteiger partial charge in [0.15, 0.2) is 5.11 Å².